The average Bonchev–Trinajstić information content (AvgIpc) is 3.51. The van der Waals surface area contributed by atoms with Crippen LogP contribution in [0.2, 0.25) is 0 Å². The van der Waals surface area contributed by atoms with E-state index in [1.807, 2.05) is 0 Å². The fourth-order valence-corrected chi connectivity index (χ4v) is 4.82. The lowest BCUT2D eigenvalue weighted by atomic mass is 10.0. The van der Waals surface area contributed by atoms with Crippen LogP contribution in [0.3, 0.4) is 0 Å². The number of carbonyl (C=O) groups excluding carboxylic acids is 2. The molecule has 8 nitrogen and oxygen atoms in total. The fourth-order valence-electron chi connectivity index (χ4n) is 4.82. The highest BCUT2D eigenvalue weighted by molar-refractivity contribution is 5.94. The van der Waals surface area contributed by atoms with E-state index in [1.165, 1.54) is 24.3 Å². The van der Waals surface area contributed by atoms with Gasteiger partial charge in [-0.3, -0.25) is 14.4 Å². The van der Waals surface area contributed by atoms with Crippen molar-refractivity contribution in [3.63, 3.8) is 0 Å². The Kier molecular flexibility index (Phi) is 5.50. The monoisotopic (exact) mass is 440 g/mol. The van der Waals surface area contributed by atoms with Crippen LogP contribution in [0.5, 0.6) is 0 Å². The SMILES string of the molecule is O=C(c1ccc(F)cc1)N1CCc2nc(C3CCCN3C(=O)C3CCCO3)[nH]c(=O)c2C1. The number of likely N-dealkylation sites (tertiary alicyclic amines) is 1. The first-order chi connectivity index (χ1) is 15.5. The van der Waals surface area contributed by atoms with Gasteiger partial charge in [-0.25, -0.2) is 9.37 Å². The van der Waals surface area contributed by atoms with Crippen LogP contribution in [0.25, 0.3) is 0 Å². The van der Waals surface area contributed by atoms with Gasteiger partial charge in [0.25, 0.3) is 17.4 Å². The quantitative estimate of drug-likeness (QED) is 0.787. The molecule has 3 aliphatic rings. The van der Waals surface area contributed by atoms with Crippen molar-refractivity contribution in [2.45, 2.75) is 50.8 Å². The molecule has 2 saturated heterocycles. The van der Waals surface area contributed by atoms with Crippen molar-refractivity contribution >= 4 is 11.8 Å². The van der Waals surface area contributed by atoms with Crippen molar-refractivity contribution in [1.29, 1.82) is 0 Å². The van der Waals surface area contributed by atoms with Gasteiger partial charge in [-0.05, 0) is 49.9 Å². The van der Waals surface area contributed by atoms with Crippen LogP contribution in [-0.2, 0) is 22.5 Å². The number of carbonyl (C=O) groups is 2. The summed E-state index contributed by atoms with van der Waals surface area (Å²) in [5, 5.41) is 0. The van der Waals surface area contributed by atoms with Gasteiger partial charge in [-0.15, -0.1) is 0 Å². The highest BCUT2D eigenvalue weighted by Crippen LogP contribution is 2.32. The minimum absolute atomic E-state index is 0.0264. The van der Waals surface area contributed by atoms with E-state index in [9.17, 15) is 18.8 Å². The molecule has 0 bridgehead atoms. The molecule has 32 heavy (non-hydrogen) atoms. The van der Waals surface area contributed by atoms with Crippen LogP contribution in [0.15, 0.2) is 29.1 Å². The normalized spacial score (nSPS) is 22.8. The minimum Gasteiger partial charge on any atom is -0.368 e. The lowest BCUT2D eigenvalue weighted by Crippen LogP contribution is -2.42. The maximum Gasteiger partial charge on any atom is 0.256 e. The Morgan fingerprint density at radius 3 is 2.69 bits per heavy atom. The molecule has 0 aliphatic carbocycles. The predicted molar refractivity (Wildman–Crippen MR) is 112 cm³/mol. The molecule has 168 valence electrons. The number of hydrogen-bond acceptors (Lipinski definition) is 5. The first-order valence-electron chi connectivity index (χ1n) is 11.1. The largest absolute Gasteiger partial charge is 0.368 e. The summed E-state index contributed by atoms with van der Waals surface area (Å²) >= 11 is 0. The number of amides is 2. The van der Waals surface area contributed by atoms with E-state index in [0.717, 1.165) is 25.7 Å². The zero-order valence-corrected chi connectivity index (χ0v) is 17.7. The second kappa shape index (κ2) is 8.46. The molecule has 0 saturated carbocycles. The molecule has 2 fully saturated rings. The number of fused-ring (bicyclic) bond motifs is 1. The average molecular weight is 440 g/mol. The first kappa shape index (κ1) is 20.8. The van der Waals surface area contributed by atoms with Gasteiger partial charge in [0, 0.05) is 31.7 Å². The molecule has 2 aromatic rings. The van der Waals surface area contributed by atoms with E-state index >= 15 is 0 Å². The van der Waals surface area contributed by atoms with Crippen molar-refractivity contribution in [3.8, 4) is 0 Å². The molecule has 3 aliphatic heterocycles. The Balaban J connectivity index is 1.36. The topological polar surface area (TPSA) is 95.6 Å². The Bertz CT molecular complexity index is 1090. The number of aromatic nitrogens is 2. The van der Waals surface area contributed by atoms with E-state index in [4.69, 9.17) is 9.72 Å². The molecule has 4 heterocycles. The summed E-state index contributed by atoms with van der Waals surface area (Å²) in [4.78, 5) is 49.5. The van der Waals surface area contributed by atoms with E-state index in [-0.39, 0.29) is 30.0 Å². The number of ether oxygens (including phenoxy) is 1. The Labute approximate surface area is 184 Å². The number of aromatic amines is 1. The molecular weight excluding hydrogens is 415 g/mol. The number of benzene rings is 1. The van der Waals surface area contributed by atoms with Gasteiger partial charge < -0.3 is 19.5 Å². The zero-order valence-electron chi connectivity index (χ0n) is 17.7. The molecule has 5 rings (SSSR count). The number of halogens is 1. The number of H-pyrrole nitrogens is 1. The number of hydrogen-bond donors (Lipinski definition) is 1. The van der Waals surface area contributed by atoms with Gasteiger partial charge in [0.1, 0.15) is 17.7 Å². The van der Waals surface area contributed by atoms with Gasteiger partial charge in [0.2, 0.25) is 0 Å². The Morgan fingerprint density at radius 1 is 1.12 bits per heavy atom. The third kappa shape index (κ3) is 3.81. The van der Waals surface area contributed by atoms with E-state index in [1.54, 1.807) is 9.80 Å². The molecule has 1 aromatic heterocycles. The number of rotatable bonds is 3. The van der Waals surface area contributed by atoms with Gasteiger partial charge >= 0.3 is 0 Å². The summed E-state index contributed by atoms with van der Waals surface area (Å²) in [6.45, 7) is 1.81. The van der Waals surface area contributed by atoms with E-state index < -0.39 is 11.9 Å². The number of nitrogens with one attached hydrogen (secondary N) is 1. The van der Waals surface area contributed by atoms with Crippen molar-refractivity contribution in [2.75, 3.05) is 19.7 Å². The van der Waals surface area contributed by atoms with Crippen LogP contribution in [0.1, 0.15) is 59.2 Å². The van der Waals surface area contributed by atoms with Gasteiger partial charge in [0.05, 0.1) is 23.8 Å². The van der Waals surface area contributed by atoms with E-state index in [2.05, 4.69) is 4.98 Å². The second-order valence-corrected chi connectivity index (χ2v) is 8.55. The standard InChI is InChI=1S/C23H25FN4O4/c24-15-7-5-14(6-8-15)22(30)27-11-9-17-16(13-27)21(29)26-20(25-17)18-3-1-10-28(18)23(31)19-4-2-12-32-19/h5-8,18-19H,1-4,9-13H2,(H,25,26,29). The summed E-state index contributed by atoms with van der Waals surface area (Å²) in [6.07, 6.45) is 3.26. The fraction of sp³-hybridized carbons (Fsp3) is 0.478. The van der Waals surface area contributed by atoms with Gasteiger partial charge in [-0.1, -0.05) is 0 Å². The summed E-state index contributed by atoms with van der Waals surface area (Å²) in [6, 6.07) is 5.12. The molecule has 0 radical (unpaired) electrons. The molecule has 9 heteroatoms. The van der Waals surface area contributed by atoms with Crippen molar-refractivity contribution in [2.24, 2.45) is 0 Å². The van der Waals surface area contributed by atoms with Gasteiger partial charge in [-0.2, -0.15) is 0 Å². The summed E-state index contributed by atoms with van der Waals surface area (Å²) in [7, 11) is 0. The smallest absolute Gasteiger partial charge is 0.256 e. The summed E-state index contributed by atoms with van der Waals surface area (Å²) < 4.78 is 18.7. The predicted octanol–water partition coefficient (Wildman–Crippen LogP) is 1.95. The molecular formula is C23H25FN4O4. The third-order valence-electron chi connectivity index (χ3n) is 6.52. The highest BCUT2D eigenvalue weighted by Gasteiger charge is 2.37. The summed E-state index contributed by atoms with van der Waals surface area (Å²) in [5.41, 5.74) is 1.23. The van der Waals surface area contributed by atoms with Gasteiger partial charge in [0.15, 0.2) is 0 Å². The van der Waals surface area contributed by atoms with E-state index in [0.29, 0.717) is 48.8 Å². The van der Waals surface area contributed by atoms with Crippen molar-refractivity contribution < 1.29 is 18.7 Å². The molecule has 1 aromatic carbocycles. The van der Waals surface area contributed by atoms with Crippen molar-refractivity contribution in [3.05, 3.63) is 63.1 Å². The maximum atomic E-state index is 13.2. The molecule has 2 atom stereocenters. The van der Waals surface area contributed by atoms with Crippen LogP contribution < -0.4 is 5.56 Å². The highest BCUT2D eigenvalue weighted by atomic mass is 19.1. The minimum atomic E-state index is -0.405. The molecule has 2 unspecified atom stereocenters. The Hall–Kier alpha value is -3.07. The third-order valence-corrected chi connectivity index (χ3v) is 6.52. The first-order valence-corrected chi connectivity index (χ1v) is 11.1. The van der Waals surface area contributed by atoms with Crippen LogP contribution in [0.4, 0.5) is 4.39 Å². The lowest BCUT2D eigenvalue weighted by Gasteiger charge is -2.30. The summed E-state index contributed by atoms with van der Waals surface area (Å²) in [5.74, 6) is -0.168. The molecule has 1 N–H and O–H groups in total. The van der Waals surface area contributed by atoms with Crippen LogP contribution >= 0.6 is 0 Å². The maximum absolute atomic E-state index is 13.2. The van der Waals surface area contributed by atoms with Crippen LogP contribution in [-0.4, -0.2) is 57.4 Å². The Morgan fingerprint density at radius 2 is 1.94 bits per heavy atom. The lowest BCUT2D eigenvalue weighted by molar-refractivity contribution is -0.142. The second-order valence-electron chi connectivity index (χ2n) is 8.55. The molecule has 0 spiro atoms. The number of nitrogens with zero attached hydrogens (tertiary/aromatic N) is 3. The van der Waals surface area contributed by atoms with Crippen LogP contribution in [0, 0.1) is 5.82 Å². The molecule has 2 amide bonds. The zero-order chi connectivity index (χ0) is 22.2. The van der Waals surface area contributed by atoms with Crippen molar-refractivity contribution in [1.82, 2.24) is 19.8 Å².